The molecule has 0 aliphatic rings. The molecule has 0 saturated carbocycles. The lowest BCUT2D eigenvalue weighted by atomic mass is 10.0. The first-order valence-corrected chi connectivity index (χ1v) is 25.4. The van der Waals surface area contributed by atoms with Crippen molar-refractivity contribution in [1.29, 1.82) is 0 Å². The van der Waals surface area contributed by atoms with Crippen LogP contribution >= 0.6 is 0 Å². The summed E-state index contributed by atoms with van der Waals surface area (Å²) in [6.07, 6.45) is 0. The third kappa shape index (κ3) is 6.84. The van der Waals surface area contributed by atoms with Crippen LogP contribution in [0.15, 0.2) is 267 Å². The molecule has 0 fully saturated rings. The first-order chi connectivity index (χ1) is 37.2. The van der Waals surface area contributed by atoms with Crippen molar-refractivity contribution < 1.29 is 0 Å². The molecule has 0 amide bonds. The number of nitrogens with zero attached hydrogens (tertiary/aromatic N) is 6. The molecule has 0 unspecified atom stereocenters. The van der Waals surface area contributed by atoms with Gasteiger partial charge in [0.1, 0.15) is 0 Å². The molecule has 0 aliphatic heterocycles. The third-order valence-electron chi connectivity index (χ3n) is 14.9. The van der Waals surface area contributed by atoms with Gasteiger partial charge in [0.2, 0.25) is 0 Å². The highest BCUT2D eigenvalue weighted by atomic mass is 15.1. The predicted octanol–water partition coefficient (Wildman–Crippen LogP) is 17.5. The average Bonchev–Trinajstić information content (AvgIpc) is 4.16. The fraction of sp³-hybridized carbons (Fsp3) is 0. The zero-order chi connectivity index (χ0) is 49.4. The lowest BCUT2D eigenvalue weighted by molar-refractivity contribution is 1.06. The lowest BCUT2D eigenvalue weighted by Crippen LogP contribution is -2.05. The summed E-state index contributed by atoms with van der Waals surface area (Å²) >= 11 is 0. The lowest BCUT2D eigenvalue weighted by Gasteiger charge is -2.17. The van der Waals surface area contributed by atoms with Gasteiger partial charge in [-0.15, -0.1) is 0 Å². The standard InChI is InChI=1S/C69H44N6/c1-5-21-45(22-6-1)49-39-41-53-54-42-40-50(46-23-7-2-8-24-46)44-64(54)74(63(53)43-49)62-38-19-32-56-65-60(73-57-33-16-13-29-51(57)52-30-14-17-34-58(52)73)36-20-37-61(65)75(66(56)62)59-35-18-15-31-55(59)69-71-67(47-25-9-3-10-26-47)70-68(72-69)48-27-11-4-12-28-48/h1-44H. The Morgan fingerprint density at radius 2 is 0.627 bits per heavy atom. The maximum Gasteiger partial charge on any atom is 0.166 e. The van der Waals surface area contributed by atoms with Crippen LogP contribution in [0.2, 0.25) is 0 Å². The van der Waals surface area contributed by atoms with Crippen LogP contribution in [0.5, 0.6) is 0 Å². The summed E-state index contributed by atoms with van der Waals surface area (Å²) in [7, 11) is 0. The van der Waals surface area contributed by atoms with Gasteiger partial charge < -0.3 is 13.7 Å². The molecular weight excluding hydrogens is 913 g/mol. The molecule has 6 nitrogen and oxygen atoms in total. The van der Waals surface area contributed by atoms with Gasteiger partial charge in [0.15, 0.2) is 17.5 Å². The highest BCUT2D eigenvalue weighted by Gasteiger charge is 2.26. The van der Waals surface area contributed by atoms with Crippen LogP contribution in [0, 0.1) is 0 Å². The molecule has 0 N–H and O–H groups in total. The fourth-order valence-electron chi connectivity index (χ4n) is 11.6. The number of hydrogen-bond donors (Lipinski definition) is 0. The van der Waals surface area contributed by atoms with E-state index in [0.29, 0.717) is 17.5 Å². The second-order valence-corrected chi connectivity index (χ2v) is 19.1. The molecule has 15 aromatic rings. The van der Waals surface area contributed by atoms with Crippen molar-refractivity contribution in [3.05, 3.63) is 267 Å². The van der Waals surface area contributed by atoms with Gasteiger partial charge in [-0.25, -0.2) is 15.0 Å². The van der Waals surface area contributed by atoms with E-state index >= 15 is 0 Å². The normalized spacial score (nSPS) is 11.7. The topological polar surface area (TPSA) is 53.5 Å². The van der Waals surface area contributed by atoms with Crippen LogP contribution in [0.4, 0.5) is 0 Å². The van der Waals surface area contributed by atoms with Crippen molar-refractivity contribution in [2.24, 2.45) is 0 Å². The Morgan fingerprint density at radius 1 is 0.227 bits per heavy atom. The molecule has 15 rings (SSSR count). The zero-order valence-corrected chi connectivity index (χ0v) is 40.6. The van der Waals surface area contributed by atoms with E-state index in [2.05, 4.69) is 244 Å². The van der Waals surface area contributed by atoms with E-state index < -0.39 is 0 Å². The van der Waals surface area contributed by atoms with E-state index in [0.717, 1.165) is 88.8 Å². The number of hydrogen-bond acceptors (Lipinski definition) is 3. The van der Waals surface area contributed by atoms with Gasteiger partial charge in [-0.3, -0.25) is 0 Å². The average molecular weight is 957 g/mol. The minimum absolute atomic E-state index is 0.584. The minimum atomic E-state index is 0.584. The van der Waals surface area contributed by atoms with Crippen molar-refractivity contribution in [1.82, 2.24) is 28.7 Å². The van der Waals surface area contributed by atoms with E-state index in [4.69, 9.17) is 15.0 Å². The summed E-state index contributed by atoms with van der Waals surface area (Å²) in [4.78, 5) is 15.8. The van der Waals surface area contributed by atoms with E-state index in [-0.39, 0.29) is 0 Å². The van der Waals surface area contributed by atoms with Gasteiger partial charge >= 0.3 is 0 Å². The molecule has 0 saturated heterocycles. The minimum Gasteiger partial charge on any atom is -0.309 e. The molecular formula is C69H44N6. The highest BCUT2D eigenvalue weighted by Crippen LogP contribution is 2.45. The zero-order valence-electron chi connectivity index (χ0n) is 40.6. The monoisotopic (exact) mass is 956 g/mol. The van der Waals surface area contributed by atoms with E-state index in [1.165, 1.54) is 32.7 Å². The van der Waals surface area contributed by atoms with Gasteiger partial charge in [-0.2, -0.15) is 0 Å². The Labute approximate surface area is 432 Å². The summed E-state index contributed by atoms with van der Waals surface area (Å²) in [5.74, 6) is 1.81. The molecule has 4 aromatic heterocycles. The number of fused-ring (bicyclic) bond motifs is 9. The Kier molecular flexibility index (Phi) is 9.78. The SMILES string of the molecule is c1ccc(-c2ccc3c4ccc(-c5ccccc5)cc4n(-c4cccc5c6c(-n7c8ccccc8c8ccccc87)cccc6n(-c6ccccc6-c6nc(-c7ccccc7)nc(-c7ccccc7)n6)c45)c3c2)cc1. The fourth-order valence-corrected chi connectivity index (χ4v) is 11.6. The molecule has 350 valence electrons. The number of para-hydroxylation sites is 4. The van der Waals surface area contributed by atoms with Gasteiger partial charge in [-0.1, -0.05) is 212 Å². The second kappa shape index (κ2) is 17.3. The van der Waals surface area contributed by atoms with Crippen LogP contribution in [0.1, 0.15) is 0 Å². The quantitative estimate of drug-likeness (QED) is 0.152. The maximum absolute atomic E-state index is 5.34. The van der Waals surface area contributed by atoms with Gasteiger partial charge in [0.05, 0.1) is 50.2 Å². The summed E-state index contributed by atoms with van der Waals surface area (Å²) in [6, 6.07) is 95.5. The Balaban J connectivity index is 1.09. The van der Waals surface area contributed by atoms with Crippen molar-refractivity contribution in [2.75, 3.05) is 0 Å². The first kappa shape index (κ1) is 42.5. The molecule has 11 aromatic carbocycles. The molecule has 0 bridgehead atoms. The van der Waals surface area contributed by atoms with Crippen molar-refractivity contribution in [3.8, 4) is 73.5 Å². The Morgan fingerprint density at radius 3 is 1.20 bits per heavy atom. The van der Waals surface area contributed by atoms with Crippen molar-refractivity contribution in [3.63, 3.8) is 0 Å². The maximum atomic E-state index is 5.34. The van der Waals surface area contributed by atoms with Crippen LogP contribution in [-0.2, 0) is 0 Å². The number of benzene rings is 11. The van der Waals surface area contributed by atoms with Crippen LogP contribution in [-0.4, -0.2) is 28.7 Å². The van der Waals surface area contributed by atoms with E-state index in [9.17, 15) is 0 Å². The number of rotatable bonds is 8. The summed E-state index contributed by atoms with van der Waals surface area (Å²) in [6.45, 7) is 0. The summed E-state index contributed by atoms with van der Waals surface area (Å²) < 4.78 is 7.44. The smallest absolute Gasteiger partial charge is 0.166 e. The van der Waals surface area contributed by atoms with Gasteiger partial charge in [0.25, 0.3) is 0 Å². The molecule has 0 spiro atoms. The van der Waals surface area contributed by atoms with E-state index in [1.54, 1.807) is 0 Å². The van der Waals surface area contributed by atoms with Crippen molar-refractivity contribution in [2.45, 2.75) is 0 Å². The van der Waals surface area contributed by atoms with Crippen molar-refractivity contribution >= 4 is 65.4 Å². The molecule has 0 aliphatic carbocycles. The largest absolute Gasteiger partial charge is 0.309 e. The predicted molar refractivity (Wildman–Crippen MR) is 310 cm³/mol. The van der Waals surface area contributed by atoms with E-state index in [1.807, 2.05) is 36.4 Å². The highest BCUT2D eigenvalue weighted by molar-refractivity contribution is 6.20. The first-order valence-electron chi connectivity index (χ1n) is 25.4. The molecule has 6 heteroatoms. The molecule has 0 radical (unpaired) electrons. The summed E-state index contributed by atoms with van der Waals surface area (Å²) in [5, 5.41) is 7.05. The van der Waals surface area contributed by atoms with Crippen LogP contribution in [0.3, 0.4) is 0 Å². The molecule has 75 heavy (non-hydrogen) atoms. The summed E-state index contributed by atoms with van der Waals surface area (Å²) in [5.41, 5.74) is 17.1. The Bertz CT molecular complexity index is 4480. The second-order valence-electron chi connectivity index (χ2n) is 19.1. The Hall–Kier alpha value is -10.2. The number of aromatic nitrogens is 6. The van der Waals surface area contributed by atoms with Crippen LogP contribution in [0.25, 0.3) is 139 Å². The third-order valence-corrected chi connectivity index (χ3v) is 14.9. The van der Waals surface area contributed by atoms with Gasteiger partial charge in [0, 0.05) is 49.0 Å². The molecule has 0 atom stereocenters. The van der Waals surface area contributed by atoms with Gasteiger partial charge in [-0.05, 0) is 76.9 Å². The van der Waals surface area contributed by atoms with Crippen LogP contribution < -0.4 is 0 Å². The molecule has 4 heterocycles.